The zero-order chi connectivity index (χ0) is 12.3. The molecule has 3 nitrogen and oxygen atoms in total. The molecule has 17 heavy (non-hydrogen) atoms. The number of nitrogens with zero attached hydrogens (tertiary/aromatic N) is 1. The van der Waals surface area contributed by atoms with Gasteiger partial charge in [-0.1, -0.05) is 24.4 Å². The number of aliphatic hydroxyl groups excluding tert-OH is 1. The first-order valence-electron chi connectivity index (χ1n) is 5.70. The van der Waals surface area contributed by atoms with Gasteiger partial charge in [0.05, 0.1) is 17.7 Å². The van der Waals surface area contributed by atoms with Gasteiger partial charge in [0.15, 0.2) is 0 Å². The highest BCUT2D eigenvalue weighted by atomic mass is 79.9. The minimum atomic E-state index is -0.0742. The first-order valence-corrected chi connectivity index (χ1v) is 6.87. The van der Waals surface area contributed by atoms with E-state index in [0.717, 1.165) is 17.3 Å². The molecule has 94 valence electrons. The van der Waals surface area contributed by atoms with Crippen LogP contribution in [0.4, 0.5) is 0 Å². The van der Waals surface area contributed by atoms with Crippen LogP contribution in [0.25, 0.3) is 0 Å². The topological polar surface area (TPSA) is 42.4 Å². The molecule has 0 amide bonds. The Hall–Kier alpha value is -0.320. The molecule has 2 rings (SSSR count). The fraction of sp³-hybridized carbons (Fsp3) is 0.583. The predicted molar refractivity (Wildman–Crippen MR) is 70.4 cm³/mol. The van der Waals surface area contributed by atoms with Crippen LogP contribution in [0.1, 0.15) is 25.7 Å². The highest BCUT2D eigenvalue weighted by Crippen LogP contribution is 2.38. The van der Waals surface area contributed by atoms with Crippen molar-refractivity contribution in [3.8, 4) is 5.75 Å². The van der Waals surface area contributed by atoms with E-state index in [1.54, 1.807) is 12.3 Å². The minimum absolute atomic E-state index is 0.0742. The van der Waals surface area contributed by atoms with E-state index in [2.05, 4.69) is 20.9 Å². The molecule has 1 aromatic rings. The summed E-state index contributed by atoms with van der Waals surface area (Å²) in [5.74, 6) is 0.685. The molecule has 1 N–H and O–H groups in total. The monoisotopic (exact) mass is 319 g/mol. The molecule has 1 aliphatic rings. The van der Waals surface area contributed by atoms with Crippen molar-refractivity contribution < 1.29 is 9.84 Å². The summed E-state index contributed by atoms with van der Waals surface area (Å²) in [6, 6.07) is 1.69. The van der Waals surface area contributed by atoms with Gasteiger partial charge in [-0.25, -0.2) is 4.98 Å². The summed E-state index contributed by atoms with van der Waals surface area (Å²) in [5.41, 5.74) is -0.0742. The fourth-order valence-electron chi connectivity index (χ4n) is 2.21. The highest BCUT2D eigenvalue weighted by molar-refractivity contribution is 9.10. The van der Waals surface area contributed by atoms with E-state index in [1.165, 1.54) is 12.8 Å². The first-order chi connectivity index (χ1) is 8.15. The van der Waals surface area contributed by atoms with E-state index >= 15 is 0 Å². The van der Waals surface area contributed by atoms with Gasteiger partial charge in [0.1, 0.15) is 10.9 Å². The van der Waals surface area contributed by atoms with Crippen LogP contribution < -0.4 is 4.74 Å². The summed E-state index contributed by atoms with van der Waals surface area (Å²) in [5, 5.41) is 9.90. The van der Waals surface area contributed by atoms with Crippen molar-refractivity contribution in [1.82, 2.24) is 4.98 Å². The van der Waals surface area contributed by atoms with Gasteiger partial charge in [-0.2, -0.15) is 0 Å². The van der Waals surface area contributed by atoms with Crippen molar-refractivity contribution in [2.45, 2.75) is 25.7 Å². The van der Waals surface area contributed by atoms with Gasteiger partial charge in [0, 0.05) is 17.7 Å². The van der Waals surface area contributed by atoms with Gasteiger partial charge in [-0.3, -0.25) is 0 Å². The lowest BCUT2D eigenvalue weighted by Gasteiger charge is -2.26. The highest BCUT2D eigenvalue weighted by Gasteiger charge is 2.34. The largest absolute Gasteiger partial charge is 0.492 e. The summed E-state index contributed by atoms with van der Waals surface area (Å²) in [7, 11) is 0. The Morgan fingerprint density at radius 3 is 2.82 bits per heavy atom. The van der Waals surface area contributed by atoms with Crippen molar-refractivity contribution in [2.24, 2.45) is 5.41 Å². The summed E-state index contributed by atoms with van der Waals surface area (Å²) in [6.45, 7) is 0.714. The molecule has 0 atom stereocenters. The van der Waals surface area contributed by atoms with E-state index < -0.39 is 0 Å². The Morgan fingerprint density at radius 1 is 1.47 bits per heavy atom. The third kappa shape index (κ3) is 3.12. The van der Waals surface area contributed by atoms with Crippen LogP contribution in [0, 0.1) is 5.41 Å². The number of pyridine rings is 1. The molecule has 1 aromatic heterocycles. The molecule has 0 radical (unpaired) electrons. The van der Waals surface area contributed by atoms with Gasteiger partial charge >= 0.3 is 0 Å². The average Bonchev–Trinajstić information content (AvgIpc) is 2.80. The van der Waals surface area contributed by atoms with Crippen molar-refractivity contribution in [2.75, 3.05) is 13.2 Å². The Balaban J connectivity index is 2.03. The Kier molecular flexibility index (Phi) is 4.28. The summed E-state index contributed by atoms with van der Waals surface area (Å²) >= 11 is 9.19. The minimum Gasteiger partial charge on any atom is -0.492 e. The smallest absolute Gasteiger partial charge is 0.138 e. The van der Waals surface area contributed by atoms with Crippen molar-refractivity contribution in [1.29, 1.82) is 0 Å². The fourth-order valence-corrected chi connectivity index (χ4v) is 2.69. The molecule has 1 heterocycles. The van der Waals surface area contributed by atoms with Gasteiger partial charge in [-0.05, 0) is 28.8 Å². The van der Waals surface area contributed by atoms with Crippen LogP contribution in [0.5, 0.6) is 5.75 Å². The zero-order valence-corrected chi connectivity index (χ0v) is 11.8. The van der Waals surface area contributed by atoms with E-state index in [9.17, 15) is 5.11 Å². The lowest BCUT2D eigenvalue weighted by Crippen LogP contribution is -2.29. The van der Waals surface area contributed by atoms with Crippen LogP contribution in [-0.2, 0) is 0 Å². The third-order valence-corrected chi connectivity index (χ3v) is 4.12. The van der Waals surface area contributed by atoms with Gasteiger partial charge in [0.2, 0.25) is 0 Å². The second kappa shape index (κ2) is 5.55. The van der Waals surface area contributed by atoms with Crippen LogP contribution in [0.2, 0.25) is 5.15 Å². The van der Waals surface area contributed by atoms with Crippen LogP contribution in [-0.4, -0.2) is 23.3 Å². The number of hydrogen-bond donors (Lipinski definition) is 1. The van der Waals surface area contributed by atoms with Crippen molar-refractivity contribution >= 4 is 27.5 Å². The van der Waals surface area contributed by atoms with Gasteiger partial charge in [-0.15, -0.1) is 0 Å². The normalized spacial score (nSPS) is 18.3. The van der Waals surface area contributed by atoms with Crippen LogP contribution in [0.3, 0.4) is 0 Å². The third-order valence-electron chi connectivity index (χ3n) is 3.32. The first kappa shape index (κ1) is 13.1. The van der Waals surface area contributed by atoms with E-state index in [1.807, 2.05) is 0 Å². The number of aromatic nitrogens is 1. The van der Waals surface area contributed by atoms with Gasteiger partial charge in [0.25, 0.3) is 0 Å². The van der Waals surface area contributed by atoms with Gasteiger partial charge < -0.3 is 9.84 Å². The van der Waals surface area contributed by atoms with Crippen molar-refractivity contribution in [3.05, 3.63) is 21.9 Å². The lowest BCUT2D eigenvalue weighted by atomic mass is 9.88. The van der Waals surface area contributed by atoms with E-state index in [4.69, 9.17) is 16.3 Å². The van der Waals surface area contributed by atoms with Crippen LogP contribution in [0.15, 0.2) is 16.7 Å². The molecule has 1 fully saturated rings. The molecule has 0 aliphatic heterocycles. The Labute approximate surface area is 114 Å². The second-order valence-electron chi connectivity index (χ2n) is 4.59. The molecule has 0 bridgehead atoms. The molecule has 0 aromatic carbocycles. The molecule has 5 heteroatoms. The Bertz CT molecular complexity index is 394. The second-order valence-corrected chi connectivity index (χ2v) is 5.83. The number of hydrogen-bond acceptors (Lipinski definition) is 3. The number of rotatable bonds is 4. The van der Waals surface area contributed by atoms with Crippen LogP contribution >= 0.6 is 27.5 Å². The number of ether oxygens (including phenoxy) is 1. The van der Waals surface area contributed by atoms with Crippen molar-refractivity contribution in [3.63, 3.8) is 0 Å². The molecule has 1 aliphatic carbocycles. The standard InChI is InChI=1S/C12H15BrClNO2/c13-9-6-15-11(14)5-10(9)17-8-12(7-16)3-1-2-4-12/h5-6,16H,1-4,7-8H2. The summed E-state index contributed by atoms with van der Waals surface area (Å²) in [4.78, 5) is 3.95. The van der Waals surface area contributed by atoms with E-state index in [-0.39, 0.29) is 12.0 Å². The SMILES string of the molecule is OCC1(COc2cc(Cl)ncc2Br)CCCC1. The Morgan fingerprint density at radius 2 is 2.18 bits per heavy atom. The number of halogens is 2. The molecular formula is C12H15BrClNO2. The predicted octanol–water partition coefficient (Wildman–Crippen LogP) is 3.43. The zero-order valence-electron chi connectivity index (χ0n) is 9.46. The molecule has 1 saturated carbocycles. The maximum Gasteiger partial charge on any atom is 0.138 e. The average molecular weight is 321 g/mol. The van der Waals surface area contributed by atoms with E-state index in [0.29, 0.717) is 17.5 Å². The molecular weight excluding hydrogens is 305 g/mol. The molecule has 0 saturated heterocycles. The molecule has 0 spiro atoms. The maximum absolute atomic E-state index is 9.49. The quantitative estimate of drug-likeness (QED) is 0.864. The number of aliphatic hydroxyl groups is 1. The lowest BCUT2D eigenvalue weighted by molar-refractivity contribution is 0.0715. The summed E-state index contributed by atoms with van der Waals surface area (Å²) < 4.78 is 6.55. The maximum atomic E-state index is 9.49. The molecule has 0 unspecified atom stereocenters. The summed E-state index contributed by atoms with van der Waals surface area (Å²) in [6.07, 6.45) is 6.02.